The van der Waals surface area contributed by atoms with Crippen LogP contribution in [-0.4, -0.2) is 48.0 Å². The lowest BCUT2D eigenvalue weighted by atomic mass is 10.2. The Kier molecular flexibility index (Phi) is 3.30. The first-order chi connectivity index (χ1) is 6.84. The second-order valence-electron chi connectivity index (χ2n) is 3.32. The van der Waals surface area contributed by atoms with Crippen LogP contribution in [0.5, 0.6) is 0 Å². The van der Waals surface area contributed by atoms with Crippen LogP contribution in [0, 0.1) is 0 Å². The highest BCUT2D eigenvalue weighted by atomic mass is 32.2. The van der Waals surface area contributed by atoms with E-state index in [1.807, 2.05) is 0 Å². The maximum absolute atomic E-state index is 11.5. The van der Waals surface area contributed by atoms with Crippen molar-refractivity contribution >= 4 is 21.9 Å². The molecular formula is C7H12N2O5S. The largest absolute Gasteiger partial charge is 0.480 e. The van der Waals surface area contributed by atoms with Gasteiger partial charge in [0.15, 0.2) is 5.75 Å². The summed E-state index contributed by atoms with van der Waals surface area (Å²) in [6, 6.07) is -0.894. The third-order valence-electron chi connectivity index (χ3n) is 2.20. The molecule has 0 spiro atoms. The average molecular weight is 236 g/mol. The summed E-state index contributed by atoms with van der Waals surface area (Å²) in [4.78, 5) is 21.2. The lowest BCUT2D eigenvalue weighted by Crippen LogP contribution is -2.45. The van der Waals surface area contributed by atoms with Gasteiger partial charge in [0.1, 0.15) is 6.04 Å². The second-order valence-corrected chi connectivity index (χ2v) is 5.24. The van der Waals surface area contributed by atoms with Crippen LogP contribution in [0.25, 0.3) is 0 Å². The van der Waals surface area contributed by atoms with Crippen molar-refractivity contribution < 1.29 is 23.1 Å². The minimum absolute atomic E-state index is 0.156. The summed E-state index contributed by atoms with van der Waals surface area (Å²) in [5.74, 6) is -3.18. The summed E-state index contributed by atoms with van der Waals surface area (Å²) < 4.78 is 23.9. The number of amides is 1. The van der Waals surface area contributed by atoms with Crippen LogP contribution in [0.15, 0.2) is 0 Å². The van der Waals surface area contributed by atoms with Crippen LogP contribution in [0.2, 0.25) is 0 Å². The summed E-state index contributed by atoms with van der Waals surface area (Å²) in [6.45, 7) is 0.156. The summed E-state index contributed by atoms with van der Waals surface area (Å²) in [6.07, 6.45) is 0.876. The van der Waals surface area contributed by atoms with E-state index in [1.54, 1.807) is 0 Å². The van der Waals surface area contributed by atoms with Crippen molar-refractivity contribution in [2.24, 2.45) is 5.73 Å². The summed E-state index contributed by atoms with van der Waals surface area (Å²) >= 11 is 0. The van der Waals surface area contributed by atoms with Gasteiger partial charge in [-0.15, -0.1) is 0 Å². The zero-order chi connectivity index (χ0) is 11.6. The predicted molar refractivity (Wildman–Crippen MR) is 50.3 cm³/mol. The lowest BCUT2D eigenvalue weighted by Gasteiger charge is -2.20. The minimum Gasteiger partial charge on any atom is -0.480 e. The first-order valence-corrected chi connectivity index (χ1v) is 5.96. The van der Waals surface area contributed by atoms with E-state index < -0.39 is 33.7 Å². The molecule has 0 aromatic heterocycles. The molecular weight excluding hydrogens is 224 g/mol. The van der Waals surface area contributed by atoms with Gasteiger partial charge >= 0.3 is 5.97 Å². The number of hydrogen-bond acceptors (Lipinski definition) is 4. The fourth-order valence-corrected chi connectivity index (χ4v) is 3.08. The van der Waals surface area contributed by atoms with Crippen molar-refractivity contribution in [3.05, 3.63) is 0 Å². The Balaban J connectivity index is 2.87. The molecule has 8 heteroatoms. The summed E-state index contributed by atoms with van der Waals surface area (Å²) in [5, 5.41) is 8.41. The molecule has 3 N–H and O–H groups in total. The molecule has 1 rings (SSSR count). The van der Waals surface area contributed by atoms with Gasteiger partial charge in [0.2, 0.25) is 15.9 Å². The van der Waals surface area contributed by atoms with Gasteiger partial charge in [0.05, 0.1) is 0 Å². The highest BCUT2D eigenvalue weighted by Crippen LogP contribution is 2.20. The Morgan fingerprint density at radius 2 is 2.07 bits per heavy atom. The van der Waals surface area contributed by atoms with Gasteiger partial charge in [0.25, 0.3) is 0 Å². The number of carboxylic acids is 1. The van der Waals surface area contributed by atoms with Crippen LogP contribution in [0.3, 0.4) is 0 Å². The number of sulfonamides is 1. The number of carboxylic acid groups (broad SMARTS) is 1. The van der Waals surface area contributed by atoms with Gasteiger partial charge in [-0.25, -0.2) is 8.42 Å². The highest BCUT2D eigenvalue weighted by Gasteiger charge is 2.38. The summed E-state index contributed by atoms with van der Waals surface area (Å²) in [7, 11) is -3.92. The maximum atomic E-state index is 11.5. The lowest BCUT2D eigenvalue weighted by molar-refractivity contribution is -0.134. The maximum Gasteiger partial charge on any atom is 0.320 e. The van der Waals surface area contributed by atoms with Gasteiger partial charge in [-0.3, -0.25) is 9.59 Å². The molecule has 0 aliphatic carbocycles. The van der Waals surface area contributed by atoms with Crippen LogP contribution < -0.4 is 5.73 Å². The van der Waals surface area contributed by atoms with Crippen LogP contribution in [0.1, 0.15) is 12.8 Å². The number of carbonyl (C=O) groups excluding carboxylic acids is 1. The molecule has 1 unspecified atom stereocenters. The topological polar surface area (TPSA) is 118 Å². The number of carbonyl (C=O) groups is 2. The Labute approximate surface area is 86.9 Å². The fraction of sp³-hybridized carbons (Fsp3) is 0.714. The van der Waals surface area contributed by atoms with E-state index in [2.05, 4.69) is 0 Å². The van der Waals surface area contributed by atoms with Gasteiger partial charge in [-0.2, -0.15) is 4.31 Å². The molecule has 0 bridgehead atoms. The number of nitrogens with zero attached hydrogens (tertiary/aromatic N) is 1. The van der Waals surface area contributed by atoms with Gasteiger partial charge in [-0.05, 0) is 12.8 Å². The molecule has 1 heterocycles. The van der Waals surface area contributed by atoms with E-state index in [9.17, 15) is 18.0 Å². The number of rotatable bonds is 4. The van der Waals surface area contributed by atoms with Crippen molar-refractivity contribution in [1.82, 2.24) is 4.31 Å². The van der Waals surface area contributed by atoms with E-state index in [-0.39, 0.29) is 6.54 Å². The molecule has 1 atom stereocenters. The van der Waals surface area contributed by atoms with Gasteiger partial charge in [-0.1, -0.05) is 0 Å². The number of hydrogen-bond donors (Lipinski definition) is 2. The standard InChI is InChI=1S/C7H12N2O5S/c8-7(12)5-2-1-3-9(5)15(13,14)4-6(10)11/h5H,1-4H2,(H2,8,12)(H,10,11). The van der Waals surface area contributed by atoms with Crippen molar-refractivity contribution in [3.63, 3.8) is 0 Å². The van der Waals surface area contributed by atoms with Gasteiger partial charge < -0.3 is 10.8 Å². The monoisotopic (exact) mass is 236 g/mol. The number of nitrogens with two attached hydrogens (primary N) is 1. The fourth-order valence-electron chi connectivity index (χ4n) is 1.60. The smallest absolute Gasteiger partial charge is 0.320 e. The quantitative estimate of drug-likeness (QED) is 0.606. The SMILES string of the molecule is NC(=O)C1CCCN1S(=O)(=O)CC(=O)O. The molecule has 86 valence electrons. The Hall–Kier alpha value is -1.15. The molecule has 1 fully saturated rings. The minimum atomic E-state index is -3.92. The Morgan fingerprint density at radius 1 is 1.47 bits per heavy atom. The predicted octanol–water partition coefficient (Wildman–Crippen LogP) is -1.65. The van der Waals surface area contributed by atoms with Gasteiger partial charge in [0, 0.05) is 6.54 Å². The molecule has 1 aliphatic rings. The van der Waals surface area contributed by atoms with Crippen molar-refractivity contribution in [2.75, 3.05) is 12.3 Å². The third kappa shape index (κ3) is 2.66. The highest BCUT2D eigenvalue weighted by molar-refractivity contribution is 7.89. The molecule has 1 saturated heterocycles. The number of primary amides is 1. The van der Waals surface area contributed by atoms with E-state index in [0.29, 0.717) is 12.8 Å². The molecule has 7 nitrogen and oxygen atoms in total. The third-order valence-corrected chi connectivity index (χ3v) is 3.96. The van der Waals surface area contributed by atoms with Crippen molar-refractivity contribution in [1.29, 1.82) is 0 Å². The number of aliphatic carboxylic acids is 1. The normalized spacial score (nSPS) is 22.8. The van der Waals surface area contributed by atoms with Crippen LogP contribution in [0.4, 0.5) is 0 Å². The molecule has 0 aromatic rings. The Morgan fingerprint density at radius 3 is 2.53 bits per heavy atom. The zero-order valence-corrected chi connectivity index (χ0v) is 8.74. The molecule has 0 aromatic carbocycles. The molecule has 0 saturated carbocycles. The molecule has 1 aliphatic heterocycles. The first kappa shape index (κ1) is 11.9. The molecule has 1 amide bonds. The molecule has 0 radical (unpaired) electrons. The Bertz CT molecular complexity index is 377. The van der Waals surface area contributed by atoms with E-state index in [0.717, 1.165) is 4.31 Å². The van der Waals surface area contributed by atoms with E-state index in [4.69, 9.17) is 10.8 Å². The zero-order valence-electron chi connectivity index (χ0n) is 7.92. The molecule has 15 heavy (non-hydrogen) atoms. The summed E-state index contributed by atoms with van der Waals surface area (Å²) in [5.41, 5.74) is 5.02. The van der Waals surface area contributed by atoms with E-state index >= 15 is 0 Å². The van der Waals surface area contributed by atoms with Crippen LogP contribution >= 0.6 is 0 Å². The van der Waals surface area contributed by atoms with Crippen molar-refractivity contribution in [2.45, 2.75) is 18.9 Å². The van der Waals surface area contributed by atoms with Crippen molar-refractivity contribution in [3.8, 4) is 0 Å². The van der Waals surface area contributed by atoms with Crippen LogP contribution in [-0.2, 0) is 19.6 Å². The second kappa shape index (κ2) is 4.15. The average Bonchev–Trinajstić information content (AvgIpc) is 2.48. The van der Waals surface area contributed by atoms with E-state index in [1.165, 1.54) is 0 Å². The first-order valence-electron chi connectivity index (χ1n) is 4.35.